The fourth-order valence-electron chi connectivity index (χ4n) is 2.73. The van der Waals surface area contributed by atoms with Crippen molar-refractivity contribution in [1.82, 2.24) is 0 Å². The van der Waals surface area contributed by atoms with Crippen molar-refractivity contribution in [3.05, 3.63) is 36.4 Å². The Morgan fingerprint density at radius 2 is 1.67 bits per heavy atom. The van der Waals surface area contributed by atoms with Gasteiger partial charge in [0.15, 0.2) is 6.61 Å². The largest absolute Gasteiger partial charge is 0.463 e. The molecule has 1 aromatic carbocycles. The Hall–Kier alpha value is -2.83. The highest BCUT2D eigenvalue weighted by Gasteiger charge is 2.16. The van der Waals surface area contributed by atoms with Gasteiger partial charge >= 0.3 is 11.9 Å². The van der Waals surface area contributed by atoms with Gasteiger partial charge in [-0.25, -0.2) is 9.59 Å². The average molecular weight is 374 g/mol. The second-order valence-electron chi connectivity index (χ2n) is 6.46. The van der Waals surface area contributed by atoms with Crippen molar-refractivity contribution in [2.24, 2.45) is 5.92 Å². The van der Waals surface area contributed by atoms with E-state index >= 15 is 0 Å². The zero-order valence-electron chi connectivity index (χ0n) is 15.8. The SMILES string of the molecule is CCOC(=O)/C=C/C(=O)OCC(=O)Nc1ccc(N2CCC(C)CC2)cc1. The Balaban J connectivity index is 1.75. The summed E-state index contributed by atoms with van der Waals surface area (Å²) in [5.74, 6) is -1.10. The normalized spacial score (nSPS) is 14.8. The molecule has 1 aromatic rings. The summed E-state index contributed by atoms with van der Waals surface area (Å²) in [7, 11) is 0. The van der Waals surface area contributed by atoms with Gasteiger partial charge in [-0.1, -0.05) is 6.92 Å². The molecule has 0 bridgehead atoms. The average Bonchev–Trinajstić information content (AvgIpc) is 2.66. The van der Waals surface area contributed by atoms with Gasteiger partial charge in [-0.2, -0.15) is 0 Å². The van der Waals surface area contributed by atoms with Crippen LogP contribution in [0.15, 0.2) is 36.4 Å². The van der Waals surface area contributed by atoms with E-state index in [4.69, 9.17) is 4.74 Å². The first-order chi connectivity index (χ1) is 13.0. The van der Waals surface area contributed by atoms with Crippen LogP contribution in [0.4, 0.5) is 11.4 Å². The van der Waals surface area contributed by atoms with Gasteiger partial charge < -0.3 is 19.7 Å². The van der Waals surface area contributed by atoms with Crippen molar-refractivity contribution < 1.29 is 23.9 Å². The minimum Gasteiger partial charge on any atom is -0.463 e. The van der Waals surface area contributed by atoms with Crippen LogP contribution in [0.5, 0.6) is 0 Å². The van der Waals surface area contributed by atoms with Crippen molar-refractivity contribution in [3.63, 3.8) is 0 Å². The molecular weight excluding hydrogens is 348 g/mol. The van der Waals surface area contributed by atoms with Gasteiger partial charge in [-0.3, -0.25) is 4.79 Å². The number of hydrogen-bond donors (Lipinski definition) is 1. The third-order valence-electron chi connectivity index (χ3n) is 4.29. The van der Waals surface area contributed by atoms with Gasteiger partial charge in [0.1, 0.15) is 0 Å². The molecule has 1 amide bonds. The number of benzene rings is 1. The van der Waals surface area contributed by atoms with Crippen LogP contribution in [0.2, 0.25) is 0 Å². The molecule has 0 aliphatic carbocycles. The number of nitrogens with one attached hydrogen (secondary N) is 1. The third kappa shape index (κ3) is 7.13. The number of nitrogens with zero attached hydrogens (tertiary/aromatic N) is 1. The van der Waals surface area contributed by atoms with Crippen LogP contribution >= 0.6 is 0 Å². The molecule has 2 rings (SSSR count). The van der Waals surface area contributed by atoms with Gasteiger partial charge in [0.05, 0.1) is 6.61 Å². The fraction of sp³-hybridized carbons (Fsp3) is 0.450. The predicted molar refractivity (Wildman–Crippen MR) is 102 cm³/mol. The quantitative estimate of drug-likeness (QED) is 0.583. The Bertz CT molecular complexity index is 676. The van der Waals surface area contributed by atoms with Gasteiger partial charge in [-0.15, -0.1) is 0 Å². The lowest BCUT2D eigenvalue weighted by molar-refractivity contribution is -0.143. The van der Waals surface area contributed by atoms with E-state index in [1.165, 1.54) is 12.8 Å². The van der Waals surface area contributed by atoms with E-state index in [9.17, 15) is 14.4 Å². The van der Waals surface area contributed by atoms with Gasteiger partial charge in [0, 0.05) is 36.6 Å². The summed E-state index contributed by atoms with van der Waals surface area (Å²) in [6.07, 6.45) is 4.27. The summed E-state index contributed by atoms with van der Waals surface area (Å²) in [4.78, 5) is 36.7. The summed E-state index contributed by atoms with van der Waals surface area (Å²) in [6.45, 7) is 5.81. The zero-order chi connectivity index (χ0) is 19.6. The van der Waals surface area contributed by atoms with E-state index in [0.29, 0.717) is 5.69 Å². The molecule has 7 heteroatoms. The number of anilines is 2. The number of esters is 2. The van der Waals surface area contributed by atoms with Crippen LogP contribution in [0.3, 0.4) is 0 Å². The topological polar surface area (TPSA) is 84.9 Å². The first kappa shape index (κ1) is 20.5. The van der Waals surface area contributed by atoms with Crippen LogP contribution in [0, 0.1) is 5.92 Å². The minimum atomic E-state index is -0.784. The Morgan fingerprint density at radius 1 is 1.07 bits per heavy atom. The Labute approximate surface area is 159 Å². The molecule has 1 N–H and O–H groups in total. The maximum atomic E-state index is 11.9. The summed E-state index contributed by atoms with van der Waals surface area (Å²) in [5.41, 5.74) is 1.77. The number of ether oxygens (including phenoxy) is 2. The lowest BCUT2D eigenvalue weighted by Crippen LogP contribution is -2.32. The number of amides is 1. The maximum Gasteiger partial charge on any atom is 0.331 e. The van der Waals surface area contributed by atoms with E-state index in [1.54, 1.807) is 6.92 Å². The number of piperidine rings is 1. The highest BCUT2D eigenvalue weighted by atomic mass is 16.5. The van der Waals surface area contributed by atoms with Crippen LogP contribution in [0.1, 0.15) is 26.7 Å². The van der Waals surface area contributed by atoms with Crippen molar-refractivity contribution in [1.29, 1.82) is 0 Å². The summed E-state index contributed by atoms with van der Waals surface area (Å²) < 4.78 is 9.42. The van der Waals surface area contributed by atoms with Crippen LogP contribution in [0.25, 0.3) is 0 Å². The second-order valence-corrected chi connectivity index (χ2v) is 6.46. The van der Waals surface area contributed by atoms with Gasteiger partial charge in [0.2, 0.25) is 0 Å². The van der Waals surface area contributed by atoms with Gasteiger partial charge in [0.25, 0.3) is 5.91 Å². The fourth-order valence-corrected chi connectivity index (χ4v) is 2.73. The van der Waals surface area contributed by atoms with Crippen molar-refractivity contribution in [2.45, 2.75) is 26.7 Å². The Morgan fingerprint density at radius 3 is 2.26 bits per heavy atom. The Kier molecular flexibility index (Phi) is 7.85. The lowest BCUT2D eigenvalue weighted by atomic mass is 9.99. The maximum absolute atomic E-state index is 11.9. The second kappa shape index (κ2) is 10.4. The molecule has 7 nitrogen and oxygen atoms in total. The first-order valence-electron chi connectivity index (χ1n) is 9.14. The van der Waals surface area contributed by atoms with Gasteiger partial charge in [-0.05, 0) is 49.9 Å². The summed E-state index contributed by atoms with van der Waals surface area (Å²) >= 11 is 0. The molecule has 0 unspecified atom stereocenters. The van der Waals surface area contributed by atoms with Crippen LogP contribution < -0.4 is 10.2 Å². The van der Waals surface area contributed by atoms with E-state index in [-0.39, 0.29) is 6.61 Å². The molecule has 1 saturated heterocycles. The van der Waals surface area contributed by atoms with E-state index in [1.807, 2.05) is 24.3 Å². The summed E-state index contributed by atoms with van der Waals surface area (Å²) in [5, 5.41) is 2.67. The molecular formula is C20H26N2O5. The molecule has 1 fully saturated rings. The molecule has 0 aromatic heterocycles. The summed E-state index contributed by atoms with van der Waals surface area (Å²) in [6, 6.07) is 7.60. The number of rotatable bonds is 7. The highest BCUT2D eigenvalue weighted by Crippen LogP contribution is 2.24. The molecule has 1 aliphatic rings. The standard InChI is InChI=1S/C20H26N2O5/c1-3-26-19(24)8-9-20(25)27-14-18(23)21-16-4-6-17(7-5-16)22-12-10-15(2)11-13-22/h4-9,15H,3,10-14H2,1-2H3,(H,21,23)/b9-8+. The van der Waals surface area contributed by atoms with Crippen LogP contribution in [-0.4, -0.2) is 44.1 Å². The molecule has 27 heavy (non-hydrogen) atoms. The van der Waals surface area contributed by atoms with Crippen molar-refractivity contribution in [2.75, 3.05) is 36.5 Å². The van der Waals surface area contributed by atoms with Crippen molar-refractivity contribution >= 4 is 29.2 Å². The monoisotopic (exact) mass is 374 g/mol. The molecule has 146 valence electrons. The number of carbonyl (C=O) groups excluding carboxylic acids is 3. The minimum absolute atomic E-state index is 0.219. The highest BCUT2D eigenvalue weighted by molar-refractivity contribution is 5.95. The van der Waals surface area contributed by atoms with E-state index < -0.39 is 24.5 Å². The predicted octanol–water partition coefficient (Wildman–Crippen LogP) is 2.52. The molecule has 0 saturated carbocycles. The molecule has 0 radical (unpaired) electrons. The molecule has 1 aliphatic heterocycles. The number of hydrogen-bond acceptors (Lipinski definition) is 6. The molecule has 0 atom stereocenters. The van der Waals surface area contributed by atoms with E-state index in [0.717, 1.165) is 36.8 Å². The van der Waals surface area contributed by atoms with Crippen molar-refractivity contribution in [3.8, 4) is 0 Å². The van der Waals surface area contributed by atoms with E-state index in [2.05, 4.69) is 21.9 Å². The smallest absolute Gasteiger partial charge is 0.331 e. The van der Waals surface area contributed by atoms with Crippen LogP contribution in [-0.2, 0) is 23.9 Å². The third-order valence-corrected chi connectivity index (χ3v) is 4.29. The first-order valence-corrected chi connectivity index (χ1v) is 9.14. The molecule has 0 spiro atoms. The number of carbonyl (C=O) groups is 3. The lowest BCUT2D eigenvalue weighted by Gasteiger charge is -2.32. The zero-order valence-corrected chi connectivity index (χ0v) is 15.8. The molecule has 1 heterocycles.